The normalized spacial score (nSPS) is 11.9. The molecular weight excluding hydrogens is 234 g/mol. The van der Waals surface area contributed by atoms with Crippen LogP contribution in [-0.4, -0.2) is 9.97 Å². The number of nitriles is 1. The Hall–Kier alpha value is -2.73. The summed E-state index contributed by atoms with van der Waals surface area (Å²) in [5.74, 6) is 0.0956. The van der Waals surface area contributed by atoms with Crippen molar-refractivity contribution in [3.8, 4) is 6.07 Å². The second kappa shape index (κ2) is 4.87. The highest BCUT2D eigenvalue weighted by Gasteiger charge is 2.18. The lowest BCUT2D eigenvalue weighted by Gasteiger charge is -2.15. The molecule has 3 nitrogen and oxygen atoms in total. The van der Waals surface area contributed by atoms with Gasteiger partial charge in [0.1, 0.15) is 11.8 Å². The number of rotatable bonds is 3. The average Bonchev–Trinajstić information content (AvgIpc) is 3.12. The fourth-order valence-electron chi connectivity index (χ4n) is 2.34. The zero-order valence-corrected chi connectivity index (χ0v) is 10.3. The first-order valence-corrected chi connectivity index (χ1v) is 6.16. The highest BCUT2D eigenvalue weighted by molar-refractivity contribution is 5.39. The fourth-order valence-corrected chi connectivity index (χ4v) is 2.34. The first-order chi connectivity index (χ1) is 9.38. The molecule has 0 saturated carbocycles. The van der Waals surface area contributed by atoms with Gasteiger partial charge in [-0.1, -0.05) is 30.3 Å². The number of nitrogens with one attached hydrogen (secondary N) is 2. The third-order valence-corrected chi connectivity index (χ3v) is 3.21. The Bertz CT molecular complexity index is 687. The van der Waals surface area contributed by atoms with E-state index in [2.05, 4.69) is 34.2 Å². The molecule has 2 heterocycles. The number of aromatic nitrogens is 2. The van der Waals surface area contributed by atoms with Crippen LogP contribution < -0.4 is 0 Å². The summed E-state index contributed by atoms with van der Waals surface area (Å²) >= 11 is 0. The van der Waals surface area contributed by atoms with Crippen LogP contribution in [0.5, 0.6) is 0 Å². The van der Waals surface area contributed by atoms with E-state index >= 15 is 0 Å². The molecule has 3 aromatic rings. The van der Waals surface area contributed by atoms with Crippen LogP contribution in [0.25, 0.3) is 0 Å². The Morgan fingerprint density at radius 3 is 2.37 bits per heavy atom. The Kier molecular flexibility index (Phi) is 2.91. The molecule has 0 aliphatic carbocycles. The van der Waals surface area contributed by atoms with E-state index in [0.29, 0.717) is 5.69 Å². The number of benzene rings is 1. The molecule has 2 N–H and O–H groups in total. The van der Waals surface area contributed by atoms with Crippen molar-refractivity contribution in [2.45, 2.75) is 5.92 Å². The van der Waals surface area contributed by atoms with Gasteiger partial charge in [-0.3, -0.25) is 0 Å². The molecule has 92 valence electrons. The van der Waals surface area contributed by atoms with Crippen molar-refractivity contribution >= 4 is 0 Å². The number of H-pyrrole nitrogens is 2. The van der Waals surface area contributed by atoms with E-state index in [-0.39, 0.29) is 5.92 Å². The van der Waals surface area contributed by atoms with Gasteiger partial charge in [0.15, 0.2) is 0 Å². The minimum absolute atomic E-state index is 0.0956. The summed E-state index contributed by atoms with van der Waals surface area (Å²) in [6.07, 6.45) is 1.92. The maximum Gasteiger partial charge on any atom is 0.117 e. The predicted molar refractivity (Wildman–Crippen MR) is 73.7 cm³/mol. The average molecular weight is 247 g/mol. The van der Waals surface area contributed by atoms with Crippen molar-refractivity contribution in [2.75, 3.05) is 0 Å². The van der Waals surface area contributed by atoms with Crippen LogP contribution in [0.1, 0.15) is 28.6 Å². The summed E-state index contributed by atoms with van der Waals surface area (Å²) in [6, 6.07) is 20.2. The molecule has 0 bridgehead atoms. The highest BCUT2D eigenvalue weighted by atomic mass is 14.8. The summed E-state index contributed by atoms with van der Waals surface area (Å²) in [5.41, 5.74) is 3.90. The van der Waals surface area contributed by atoms with Gasteiger partial charge in [-0.15, -0.1) is 0 Å². The zero-order valence-electron chi connectivity index (χ0n) is 10.3. The molecule has 3 rings (SSSR count). The van der Waals surface area contributed by atoms with Crippen LogP contribution in [-0.2, 0) is 0 Å². The molecule has 0 spiro atoms. The highest BCUT2D eigenvalue weighted by Crippen LogP contribution is 2.29. The van der Waals surface area contributed by atoms with Gasteiger partial charge >= 0.3 is 0 Å². The second-order valence-electron chi connectivity index (χ2n) is 4.41. The molecule has 3 heteroatoms. The fraction of sp³-hybridized carbons (Fsp3) is 0.0625. The van der Waals surface area contributed by atoms with E-state index < -0.39 is 0 Å². The largest absolute Gasteiger partial charge is 0.364 e. The van der Waals surface area contributed by atoms with Crippen molar-refractivity contribution in [3.63, 3.8) is 0 Å². The quantitative estimate of drug-likeness (QED) is 0.732. The second-order valence-corrected chi connectivity index (χ2v) is 4.41. The zero-order chi connectivity index (χ0) is 13.1. The maximum absolute atomic E-state index is 8.94. The van der Waals surface area contributed by atoms with Crippen molar-refractivity contribution in [1.82, 2.24) is 9.97 Å². The van der Waals surface area contributed by atoms with Crippen molar-refractivity contribution in [2.24, 2.45) is 0 Å². The summed E-state index contributed by atoms with van der Waals surface area (Å²) in [6.45, 7) is 0. The Morgan fingerprint density at radius 1 is 0.895 bits per heavy atom. The van der Waals surface area contributed by atoms with Crippen LogP contribution in [0, 0.1) is 11.3 Å². The van der Waals surface area contributed by atoms with Crippen LogP contribution in [0.3, 0.4) is 0 Å². The maximum atomic E-state index is 8.94. The number of nitrogens with zero attached hydrogens (tertiary/aromatic N) is 1. The van der Waals surface area contributed by atoms with Gasteiger partial charge in [-0.2, -0.15) is 5.26 Å². The molecule has 1 unspecified atom stereocenters. The molecule has 19 heavy (non-hydrogen) atoms. The Morgan fingerprint density at radius 2 is 1.74 bits per heavy atom. The Labute approximate surface area is 111 Å². The molecular formula is C16H13N3. The first kappa shape index (κ1) is 11.4. The monoisotopic (exact) mass is 247 g/mol. The summed E-state index contributed by atoms with van der Waals surface area (Å²) in [5, 5.41) is 8.94. The van der Waals surface area contributed by atoms with Crippen molar-refractivity contribution in [1.29, 1.82) is 5.26 Å². The van der Waals surface area contributed by atoms with Crippen LogP contribution in [0.2, 0.25) is 0 Å². The van der Waals surface area contributed by atoms with Gasteiger partial charge in [0.05, 0.1) is 5.92 Å². The first-order valence-electron chi connectivity index (χ1n) is 6.16. The van der Waals surface area contributed by atoms with E-state index in [4.69, 9.17) is 5.26 Å². The summed E-state index contributed by atoms with van der Waals surface area (Å²) < 4.78 is 0. The third-order valence-electron chi connectivity index (χ3n) is 3.21. The topological polar surface area (TPSA) is 55.4 Å². The lowest BCUT2D eigenvalue weighted by molar-refractivity contribution is 0.895. The SMILES string of the molecule is N#Cc1ccc(C(c2ccccc2)c2ccc[nH]2)[nH]1. The van der Waals surface area contributed by atoms with Gasteiger partial charge < -0.3 is 9.97 Å². The molecule has 1 aromatic carbocycles. The van der Waals surface area contributed by atoms with E-state index in [9.17, 15) is 0 Å². The van der Waals surface area contributed by atoms with E-state index in [1.807, 2.05) is 42.6 Å². The molecule has 0 amide bonds. The smallest absolute Gasteiger partial charge is 0.117 e. The lowest BCUT2D eigenvalue weighted by atomic mass is 9.93. The molecule has 0 aliphatic rings. The van der Waals surface area contributed by atoms with Crippen molar-refractivity contribution in [3.05, 3.63) is 83.4 Å². The van der Waals surface area contributed by atoms with Crippen molar-refractivity contribution < 1.29 is 0 Å². The van der Waals surface area contributed by atoms with E-state index in [1.165, 1.54) is 5.56 Å². The van der Waals surface area contributed by atoms with Gasteiger partial charge in [0.25, 0.3) is 0 Å². The predicted octanol–water partition coefficient (Wildman–Crippen LogP) is 3.39. The molecule has 1 atom stereocenters. The number of aromatic amines is 2. The molecule has 0 fully saturated rings. The van der Waals surface area contributed by atoms with E-state index in [1.54, 1.807) is 0 Å². The van der Waals surface area contributed by atoms with Gasteiger partial charge in [0.2, 0.25) is 0 Å². The van der Waals surface area contributed by atoms with Gasteiger partial charge in [0, 0.05) is 17.6 Å². The minimum atomic E-state index is 0.0956. The molecule has 0 radical (unpaired) electrons. The summed E-state index contributed by atoms with van der Waals surface area (Å²) in [4.78, 5) is 6.43. The Balaban J connectivity index is 2.10. The minimum Gasteiger partial charge on any atom is -0.364 e. The van der Waals surface area contributed by atoms with E-state index in [0.717, 1.165) is 11.4 Å². The summed E-state index contributed by atoms with van der Waals surface area (Å²) in [7, 11) is 0. The van der Waals surface area contributed by atoms with Crippen LogP contribution in [0.4, 0.5) is 0 Å². The number of hydrogen-bond acceptors (Lipinski definition) is 1. The number of hydrogen-bond donors (Lipinski definition) is 2. The third kappa shape index (κ3) is 2.16. The molecule has 2 aromatic heterocycles. The van der Waals surface area contributed by atoms with Crippen LogP contribution >= 0.6 is 0 Å². The molecule has 0 saturated heterocycles. The van der Waals surface area contributed by atoms with Gasteiger partial charge in [-0.05, 0) is 29.8 Å². The van der Waals surface area contributed by atoms with Crippen LogP contribution in [0.15, 0.2) is 60.8 Å². The standard InChI is InChI=1S/C16H13N3/c17-11-13-8-9-15(19-13)16(14-7-4-10-18-14)12-5-2-1-3-6-12/h1-10,16,18-19H. The lowest BCUT2D eigenvalue weighted by Crippen LogP contribution is -2.04. The molecule has 0 aliphatic heterocycles. The van der Waals surface area contributed by atoms with Gasteiger partial charge in [-0.25, -0.2) is 0 Å².